The van der Waals surface area contributed by atoms with Crippen LogP contribution in [0, 0.1) is 22.8 Å². The van der Waals surface area contributed by atoms with E-state index < -0.39 is 6.09 Å². The zero-order chi connectivity index (χ0) is 11.4. The number of nitrogens with one attached hydrogen (secondary N) is 1. The van der Waals surface area contributed by atoms with Gasteiger partial charge in [-0.15, -0.1) is 12.3 Å². The molecule has 1 aromatic rings. The summed E-state index contributed by atoms with van der Waals surface area (Å²) in [6, 6.07) is 3.60. The van der Waals surface area contributed by atoms with Crippen molar-refractivity contribution in [3.05, 3.63) is 26.8 Å². The highest BCUT2D eigenvalue weighted by Gasteiger charge is 2.09. The molecule has 15 heavy (non-hydrogen) atoms. The molecule has 3 nitrogen and oxygen atoms in total. The lowest BCUT2D eigenvalue weighted by Gasteiger charge is -2.11. The topological polar surface area (TPSA) is 49.3 Å². The predicted molar refractivity (Wildman–Crippen MR) is 68.1 cm³/mol. The molecule has 0 saturated carbocycles. The van der Waals surface area contributed by atoms with Gasteiger partial charge in [-0.25, -0.2) is 4.79 Å². The molecule has 1 rings (SSSR count). The summed E-state index contributed by atoms with van der Waals surface area (Å²) < 4.78 is 1.01. The molecule has 0 aliphatic rings. The first-order valence-electron chi connectivity index (χ1n) is 4.27. The zero-order valence-electron chi connectivity index (χ0n) is 8.17. The minimum absolute atomic E-state index is 0.426. The van der Waals surface area contributed by atoms with Crippen LogP contribution in [0.15, 0.2) is 12.1 Å². The van der Waals surface area contributed by atoms with Crippen LogP contribution >= 0.6 is 22.6 Å². The minimum atomic E-state index is -1.08. The van der Waals surface area contributed by atoms with Crippen molar-refractivity contribution in [3.8, 4) is 12.3 Å². The van der Waals surface area contributed by atoms with Crippen molar-refractivity contribution >= 4 is 34.4 Å². The number of anilines is 1. The molecule has 0 aromatic heterocycles. The molecule has 0 spiro atoms. The summed E-state index contributed by atoms with van der Waals surface area (Å²) in [5.74, 6) is 2.53. The van der Waals surface area contributed by atoms with E-state index in [1.54, 1.807) is 6.07 Å². The lowest BCUT2D eigenvalue weighted by atomic mass is 10.1. The van der Waals surface area contributed by atoms with Gasteiger partial charge in [-0.1, -0.05) is 6.07 Å². The van der Waals surface area contributed by atoms with Gasteiger partial charge in [0, 0.05) is 21.2 Å². The molecule has 0 aliphatic heterocycles. The summed E-state index contributed by atoms with van der Waals surface area (Å²) in [5.41, 5.74) is 2.52. The number of hydrogen-bond acceptors (Lipinski definition) is 1. The molecule has 0 fully saturated rings. The van der Waals surface area contributed by atoms with E-state index in [2.05, 4.69) is 33.8 Å². The number of amides is 1. The Bertz CT molecular complexity index is 435. The van der Waals surface area contributed by atoms with Gasteiger partial charge in [-0.3, -0.25) is 5.32 Å². The molecule has 2 N–H and O–H groups in total. The van der Waals surface area contributed by atoms with E-state index >= 15 is 0 Å². The second-order valence-electron chi connectivity index (χ2n) is 3.03. The summed E-state index contributed by atoms with van der Waals surface area (Å²) in [6.07, 6.45) is 4.60. The van der Waals surface area contributed by atoms with Crippen molar-refractivity contribution in [1.82, 2.24) is 0 Å². The van der Waals surface area contributed by atoms with Crippen LogP contribution in [0.5, 0.6) is 0 Å². The third kappa shape index (κ3) is 2.86. The smallest absolute Gasteiger partial charge is 0.409 e. The van der Waals surface area contributed by atoms with E-state index in [0.29, 0.717) is 12.1 Å². The minimum Gasteiger partial charge on any atom is -0.465 e. The maximum absolute atomic E-state index is 10.6. The second kappa shape index (κ2) is 5.03. The summed E-state index contributed by atoms with van der Waals surface area (Å²) >= 11 is 2.17. The summed E-state index contributed by atoms with van der Waals surface area (Å²) in [7, 11) is 0. The van der Waals surface area contributed by atoms with Crippen molar-refractivity contribution in [2.24, 2.45) is 0 Å². The first kappa shape index (κ1) is 11.9. The Morgan fingerprint density at radius 2 is 2.33 bits per heavy atom. The Morgan fingerprint density at radius 1 is 1.67 bits per heavy atom. The molecule has 0 atom stereocenters. The fourth-order valence-electron chi connectivity index (χ4n) is 1.25. The molecular weight excluding hydrogens is 305 g/mol. The first-order valence-corrected chi connectivity index (χ1v) is 5.35. The van der Waals surface area contributed by atoms with Crippen molar-refractivity contribution in [1.29, 1.82) is 0 Å². The van der Waals surface area contributed by atoms with E-state index in [-0.39, 0.29) is 0 Å². The quantitative estimate of drug-likeness (QED) is 0.651. The molecule has 0 heterocycles. The van der Waals surface area contributed by atoms with Crippen LogP contribution in [0.4, 0.5) is 10.5 Å². The van der Waals surface area contributed by atoms with Crippen LogP contribution in [-0.4, -0.2) is 11.2 Å². The van der Waals surface area contributed by atoms with Gasteiger partial charge in [-0.2, -0.15) is 0 Å². The molecule has 0 radical (unpaired) electrons. The van der Waals surface area contributed by atoms with E-state index in [9.17, 15) is 4.79 Å². The van der Waals surface area contributed by atoms with E-state index in [1.165, 1.54) is 0 Å². The van der Waals surface area contributed by atoms with Crippen LogP contribution < -0.4 is 5.32 Å². The number of rotatable bonds is 2. The lowest BCUT2D eigenvalue weighted by molar-refractivity contribution is 0.209. The number of hydrogen-bond donors (Lipinski definition) is 2. The molecule has 0 bridgehead atoms. The van der Waals surface area contributed by atoms with Crippen molar-refractivity contribution < 1.29 is 9.90 Å². The fourth-order valence-corrected chi connectivity index (χ4v) is 1.91. The Kier molecular flexibility index (Phi) is 3.97. The Balaban J connectivity index is 3.21. The molecule has 1 amide bonds. The Morgan fingerprint density at radius 3 is 2.87 bits per heavy atom. The van der Waals surface area contributed by atoms with Crippen LogP contribution in [-0.2, 0) is 6.42 Å². The third-order valence-corrected chi connectivity index (χ3v) is 3.46. The molecule has 4 heteroatoms. The van der Waals surface area contributed by atoms with Crippen molar-refractivity contribution in [2.75, 3.05) is 5.32 Å². The van der Waals surface area contributed by atoms with E-state index in [0.717, 1.165) is 14.7 Å². The average molecular weight is 315 g/mol. The lowest BCUT2D eigenvalue weighted by Crippen LogP contribution is -2.10. The normalized spacial score (nSPS) is 9.40. The molecule has 0 aliphatic carbocycles. The molecular formula is C11H10INO2. The van der Waals surface area contributed by atoms with Crippen LogP contribution in [0.25, 0.3) is 0 Å². The number of carboxylic acid groups (broad SMARTS) is 1. The van der Waals surface area contributed by atoms with E-state index in [4.69, 9.17) is 11.5 Å². The highest BCUT2D eigenvalue weighted by Crippen LogP contribution is 2.25. The average Bonchev–Trinajstić information content (AvgIpc) is 2.17. The van der Waals surface area contributed by atoms with Gasteiger partial charge in [-0.05, 0) is 41.1 Å². The van der Waals surface area contributed by atoms with Gasteiger partial charge in [0.2, 0.25) is 0 Å². The van der Waals surface area contributed by atoms with Gasteiger partial charge in [0.25, 0.3) is 0 Å². The summed E-state index contributed by atoms with van der Waals surface area (Å²) in [6.45, 7) is 1.96. The molecule has 0 unspecified atom stereocenters. The molecule has 0 saturated heterocycles. The number of carbonyl (C=O) groups is 1. The maximum atomic E-state index is 10.6. The Hall–Kier alpha value is -1.22. The van der Waals surface area contributed by atoms with Gasteiger partial charge in [0.15, 0.2) is 0 Å². The van der Waals surface area contributed by atoms with Gasteiger partial charge < -0.3 is 5.11 Å². The monoisotopic (exact) mass is 315 g/mol. The summed E-state index contributed by atoms with van der Waals surface area (Å²) in [5, 5.41) is 11.0. The maximum Gasteiger partial charge on any atom is 0.409 e. The predicted octanol–water partition coefficient (Wildman–Crippen LogP) is 2.87. The third-order valence-electron chi connectivity index (χ3n) is 1.96. The SMILES string of the molecule is C#CCc1c(NC(=O)O)ccc(C)c1I. The number of terminal acetylenes is 1. The van der Waals surface area contributed by atoms with Gasteiger partial charge in [0.1, 0.15) is 0 Å². The molecule has 1 aromatic carbocycles. The fraction of sp³-hybridized carbons (Fsp3) is 0.182. The highest BCUT2D eigenvalue weighted by atomic mass is 127. The standard InChI is InChI=1S/C11H10INO2/c1-3-4-8-9(13-11(14)15)6-5-7(2)10(8)12/h1,5-6,13H,4H2,2H3,(H,14,15). The Labute approximate surface area is 102 Å². The van der Waals surface area contributed by atoms with Crippen LogP contribution in [0.2, 0.25) is 0 Å². The van der Waals surface area contributed by atoms with Crippen LogP contribution in [0.3, 0.4) is 0 Å². The van der Waals surface area contributed by atoms with Gasteiger partial charge >= 0.3 is 6.09 Å². The van der Waals surface area contributed by atoms with Gasteiger partial charge in [0.05, 0.1) is 0 Å². The first-order chi connectivity index (χ1) is 7.06. The van der Waals surface area contributed by atoms with Crippen molar-refractivity contribution in [2.45, 2.75) is 13.3 Å². The number of aryl methyl sites for hydroxylation is 1. The zero-order valence-corrected chi connectivity index (χ0v) is 10.3. The summed E-state index contributed by atoms with van der Waals surface area (Å²) in [4.78, 5) is 10.6. The van der Waals surface area contributed by atoms with E-state index in [1.807, 2.05) is 13.0 Å². The molecule has 78 valence electrons. The number of halogens is 1. The highest BCUT2D eigenvalue weighted by molar-refractivity contribution is 14.1. The largest absolute Gasteiger partial charge is 0.465 e. The van der Waals surface area contributed by atoms with Crippen LogP contribution in [0.1, 0.15) is 11.1 Å². The van der Waals surface area contributed by atoms with Crippen molar-refractivity contribution in [3.63, 3.8) is 0 Å². The number of benzene rings is 1. The second-order valence-corrected chi connectivity index (χ2v) is 4.11.